The standard InChI is InChI=1S/C11H11FN2S/c12-10-3-1-9(2-4-10)5-13-6-11-7-15-8-14-11/h1-4,7-8,13H,5-6H2. The van der Waals surface area contributed by atoms with Crippen LogP contribution in [0.1, 0.15) is 11.3 Å². The van der Waals surface area contributed by atoms with Gasteiger partial charge in [-0.3, -0.25) is 0 Å². The number of aromatic nitrogens is 1. The zero-order valence-electron chi connectivity index (χ0n) is 8.11. The highest BCUT2D eigenvalue weighted by Crippen LogP contribution is 2.03. The van der Waals surface area contributed by atoms with Gasteiger partial charge in [-0.2, -0.15) is 0 Å². The van der Waals surface area contributed by atoms with Gasteiger partial charge in [0.05, 0.1) is 11.2 Å². The van der Waals surface area contributed by atoms with Crippen LogP contribution in [-0.4, -0.2) is 4.98 Å². The second-order valence-corrected chi connectivity index (χ2v) is 3.93. The van der Waals surface area contributed by atoms with Crippen molar-refractivity contribution in [3.8, 4) is 0 Å². The first-order chi connectivity index (χ1) is 7.34. The number of nitrogens with zero attached hydrogens (tertiary/aromatic N) is 1. The number of thiazole rings is 1. The molecule has 15 heavy (non-hydrogen) atoms. The molecule has 1 heterocycles. The molecule has 1 N–H and O–H groups in total. The van der Waals surface area contributed by atoms with Crippen molar-refractivity contribution in [1.82, 2.24) is 10.3 Å². The lowest BCUT2D eigenvalue weighted by Crippen LogP contribution is -2.12. The van der Waals surface area contributed by atoms with Gasteiger partial charge in [0.2, 0.25) is 0 Å². The van der Waals surface area contributed by atoms with Crippen LogP contribution in [0.15, 0.2) is 35.2 Å². The third-order valence-electron chi connectivity index (χ3n) is 2.03. The quantitative estimate of drug-likeness (QED) is 0.860. The Morgan fingerprint density at radius 2 is 2.00 bits per heavy atom. The minimum atomic E-state index is -0.196. The molecule has 4 heteroatoms. The third-order valence-corrected chi connectivity index (χ3v) is 2.67. The number of rotatable bonds is 4. The Balaban J connectivity index is 1.81. The summed E-state index contributed by atoms with van der Waals surface area (Å²) in [5.74, 6) is -0.196. The second kappa shape index (κ2) is 5.00. The lowest BCUT2D eigenvalue weighted by atomic mass is 10.2. The number of nitrogens with one attached hydrogen (secondary N) is 1. The van der Waals surface area contributed by atoms with Crippen LogP contribution in [0.3, 0.4) is 0 Å². The summed E-state index contributed by atoms with van der Waals surface area (Å²) in [5, 5.41) is 5.26. The van der Waals surface area contributed by atoms with Crippen LogP contribution in [0, 0.1) is 5.82 Å². The van der Waals surface area contributed by atoms with Gasteiger partial charge in [0, 0.05) is 18.5 Å². The zero-order valence-corrected chi connectivity index (χ0v) is 8.93. The molecule has 0 fully saturated rings. The van der Waals surface area contributed by atoms with Crippen LogP contribution in [0.5, 0.6) is 0 Å². The molecule has 2 nitrogen and oxygen atoms in total. The predicted molar refractivity (Wildman–Crippen MR) is 59.1 cm³/mol. The molecule has 0 aliphatic heterocycles. The Morgan fingerprint density at radius 3 is 2.67 bits per heavy atom. The topological polar surface area (TPSA) is 24.9 Å². The first-order valence-electron chi connectivity index (χ1n) is 4.67. The fourth-order valence-electron chi connectivity index (χ4n) is 1.26. The van der Waals surface area contributed by atoms with Crippen LogP contribution in [0.25, 0.3) is 0 Å². The fourth-order valence-corrected chi connectivity index (χ4v) is 1.82. The van der Waals surface area contributed by atoms with Gasteiger partial charge < -0.3 is 5.32 Å². The number of halogens is 1. The van der Waals surface area contributed by atoms with Crippen LogP contribution in [0.2, 0.25) is 0 Å². The minimum Gasteiger partial charge on any atom is -0.307 e. The van der Waals surface area contributed by atoms with Crippen molar-refractivity contribution < 1.29 is 4.39 Å². The van der Waals surface area contributed by atoms with Gasteiger partial charge >= 0.3 is 0 Å². The second-order valence-electron chi connectivity index (χ2n) is 3.21. The van der Waals surface area contributed by atoms with Crippen LogP contribution < -0.4 is 5.32 Å². The van der Waals surface area contributed by atoms with Crippen molar-refractivity contribution in [3.05, 3.63) is 52.2 Å². The lowest BCUT2D eigenvalue weighted by Gasteiger charge is -2.02. The predicted octanol–water partition coefficient (Wildman–Crippen LogP) is 2.57. The van der Waals surface area contributed by atoms with Gasteiger partial charge in [0.1, 0.15) is 5.82 Å². The van der Waals surface area contributed by atoms with Gasteiger partial charge in [0.15, 0.2) is 0 Å². The first kappa shape index (κ1) is 10.3. The van der Waals surface area contributed by atoms with Crippen molar-refractivity contribution in [2.24, 2.45) is 0 Å². The van der Waals surface area contributed by atoms with Gasteiger partial charge in [0.25, 0.3) is 0 Å². The monoisotopic (exact) mass is 222 g/mol. The van der Waals surface area contributed by atoms with E-state index in [-0.39, 0.29) is 5.82 Å². The maximum atomic E-state index is 12.6. The number of hydrogen-bond donors (Lipinski definition) is 1. The van der Waals surface area contributed by atoms with Crippen LogP contribution in [0.4, 0.5) is 4.39 Å². The first-order valence-corrected chi connectivity index (χ1v) is 5.61. The van der Waals surface area contributed by atoms with E-state index in [2.05, 4.69) is 10.3 Å². The van der Waals surface area contributed by atoms with Gasteiger partial charge in [-0.15, -0.1) is 11.3 Å². The van der Waals surface area contributed by atoms with E-state index in [1.54, 1.807) is 23.5 Å². The molecule has 2 rings (SSSR count). The summed E-state index contributed by atoms with van der Waals surface area (Å²) in [5.41, 5.74) is 3.93. The summed E-state index contributed by atoms with van der Waals surface area (Å²) in [7, 11) is 0. The molecule has 2 aromatic rings. The summed E-state index contributed by atoms with van der Waals surface area (Å²) >= 11 is 1.59. The van der Waals surface area contributed by atoms with E-state index in [1.807, 2.05) is 10.9 Å². The molecule has 0 aliphatic rings. The average Bonchev–Trinajstić information content (AvgIpc) is 2.74. The Bertz CT molecular complexity index is 397. The molecule has 1 aromatic carbocycles. The number of benzene rings is 1. The molecule has 0 saturated heterocycles. The van der Waals surface area contributed by atoms with Crippen LogP contribution >= 0.6 is 11.3 Å². The van der Waals surface area contributed by atoms with Crippen molar-refractivity contribution >= 4 is 11.3 Å². The molecule has 1 aromatic heterocycles. The zero-order chi connectivity index (χ0) is 10.5. The maximum Gasteiger partial charge on any atom is 0.123 e. The Kier molecular flexibility index (Phi) is 3.42. The Morgan fingerprint density at radius 1 is 1.20 bits per heavy atom. The van der Waals surface area contributed by atoms with E-state index < -0.39 is 0 Å². The van der Waals surface area contributed by atoms with E-state index in [0.717, 1.165) is 24.3 Å². The molecule has 0 unspecified atom stereocenters. The maximum absolute atomic E-state index is 12.6. The lowest BCUT2D eigenvalue weighted by molar-refractivity contribution is 0.624. The molecular weight excluding hydrogens is 211 g/mol. The summed E-state index contributed by atoms with van der Waals surface area (Å²) in [6.45, 7) is 1.48. The van der Waals surface area contributed by atoms with Crippen LogP contribution in [-0.2, 0) is 13.1 Å². The van der Waals surface area contributed by atoms with Gasteiger partial charge in [-0.05, 0) is 17.7 Å². The Hall–Kier alpha value is -1.26. The summed E-state index contributed by atoms with van der Waals surface area (Å²) in [6.07, 6.45) is 0. The van der Waals surface area contributed by atoms with E-state index in [0.29, 0.717) is 0 Å². The summed E-state index contributed by atoms with van der Waals surface area (Å²) < 4.78 is 12.6. The molecule has 0 atom stereocenters. The largest absolute Gasteiger partial charge is 0.307 e. The molecule has 0 radical (unpaired) electrons. The minimum absolute atomic E-state index is 0.196. The van der Waals surface area contributed by atoms with Crippen molar-refractivity contribution in [1.29, 1.82) is 0 Å². The number of hydrogen-bond acceptors (Lipinski definition) is 3. The molecule has 0 bridgehead atoms. The molecule has 0 amide bonds. The fraction of sp³-hybridized carbons (Fsp3) is 0.182. The molecular formula is C11H11FN2S. The average molecular weight is 222 g/mol. The van der Waals surface area contributed by atoms with Crippen molar-refractivity contribution in [2.45, 2.75) is 13.1 Å². The highest BCUT2D eigenvalue weighted by molar-refractivity contribution is 7.07. The van der Waals surface area contributed by atoms with Crippen molar-refractivity contribution in [3.63, 3.8) is 0 Å². The Labute approximate surface area is 91.8 Å². The highest BCUT2D eigenvalue weighted by Gasteiger charge is 1.95. The normalized spacial score (nSPS) is 10.5. The molecule has 0 saturated carbocycles. The molecule has 0 aliphatic carbocycles. The van der Waals surface area contributed by atoms with E-state index >= 15 is 0 Å². The van der Waals surface area contributed by atoms with E-state index in [1.165, 1.54) is 12.1 Å². The summed E-state index contributed by atoms with van der Waals surface area (Å²) in [6, 6.07) is 6.51. The van der Waals surface area contributed by atoms with Gasteiger partial charge in [-0.25, -0.2) is 9.37 Å². The molecule has 78 valence electrons. The third kappa shape index (κ3) is 3.11. The van der Waals surface area contributed by atoms with Crippen molar-refractivity contribution in [2.75, 3.05) is 0 Å². The highest BCUT2D eigenvalue weighted by atomic mass is 32.1. The van der Waals surface area contributed by atoms with E-state index in [4.69, 9.17) is 0 Å². The SMILES string of the molecule is Fc1ccc(CNCc2cscn2)cc1. The van der Waals surface area contributed by atoms with Gasteiger partial charge in [-0.1, -0.05) is 12.1 Å². The summed E-state index contributed by atoms with van der Waals surface area (Å²) in [4.78, 5) is 4.16. The smallest absolute Gasteiger partial charge is 0.123 e. The van der Waals surface area contributed by atoms with E-state index in [9.17, 15) is 4.39 Å². The molecule has 0 spiro atoms.